The van der Waals surface area contributed by atoms with Gasteiger partial charge in [0.2, 0.25) is 5.91 Å². The van der Waals surface area contributed by atoms with Gasteiger partial charge in [-0.2, -0.15) is 5.10 Å². The molecular formula is C23H22ClFN4O2. The van der Waals surface area contributed by atoms with Crippen molar-refractivity contribution in [3.8, 4) is 0 Å². The van der Waals surface area contributed by atoms with E-state index in [1.54, 1.807) is 10.6 Å². The van der Waals surface area contributed by atoms with Gasteiger partial charge in [0.1, 0.15) is 11.6 Å². The fourth-order valence-electron chi connectivity index (χ4n) is 4.63. The van der Waals surface area contributed by atoms with Crippen molar-refractivity contribution in [1.29, 1.82) is 0 Å². The van der Waals surface area contributed by atoms with Crippen molar-refractivity contribution in [2.45, 2.75) is 44.7 Å². The Morgan fingerprint density at radius 2 is 1.97 bits per heavy atom. The Labute approximate surface area is 183 Å². The number of nitrogens with zero attached hydrogens (tertiary/aromatic N) is 4. The first kappa shape index (κ1) is 20.0. The number of halogens is 2. The number of amides is 1. The number of carbonyl (C=O) groups is 1. The molecule has 0 fully saturated rings. The lowest BCUT2D eigenvalue weighted by molar-refractivity contribution is -0.120. The summed E-state index contributed by atoms with van der Waals surface area (Å²) >= 11 is 6.14. The van der Waals surface area contributed by atoms with Gasteiger partial charge in [0.15, 0.2) is 0 Å². The standard InChI is InChI=1S/C23H22ClFN4O2/c24-18-9-3-10-19(25)17(18)14-29-23(31)28-13-5-8-16(21(28)26-29)22(30)27-12-4-7-15-6-1-2-11-20(15)27/h1-3,6,9-11,16H,4-5,7-8,12-14H2. The number of anilines is 1. The second-order valence-corrected chi connectivity index (χ2v) is 8.47. The van der Waals surface area contributed by atoms with Gasteiger partial charge < -0.3 is 4.90 Å². The summed E-state index contributed by atoms with van der Waals surface area (Å²) in [7, 11) is 0. The molecule has 31 heavy (non-hydrogen) atoms. The Hall–Kier alpha value is -2.93. The number of fused-ring (bicyclic) bond motifs is 2. The van der Waals surface area contributed by atoms with E-state index in [0.717, 1.165) is 24.1 Å². The predicted octanol–water partition coefficient (Wildman–Crippen LogP) is 3.74. The highest BCUT2D eigenvalue weighted by Gasteiger charge is 2.36. The van der Waals surface area contributed by atoms with Crippen LogP contribution in [0.15, 0.2) is 47.3 Å². The third-order valence-corrected chi connectivity index (χ3v) is 6.54. The molecule has 0 saturated carbocycles. The van der Waals surface area contributed by atoms with E-state index < -0.39 is 11.7 Å². The summed E-state index contributed by atoms with van der Waals surface area (Å²) in [5.41, 5.74) is 1.98. The van der Waals surface area contributed by atoms with E-state index in [9.17, 15) is 14.0 Å². The van der Waals surface area contributed by atoms with Gasteiger partial charge in [0.25, 0.3) is 0 Å². The molecule has 0 aliphatic carbocycles. The Bertz CT molecular complexity index is 1200. The van der Waals surface area contributed by atoms with E-state index in [4.69, 9.17) is 11.6 Å². The number of aromatic nitrogens is 3. The lowest BCUT2D eigenvalue weighted by atomic mass is 9.94. The maximum atomic E-state index is 14.2. The summed E-state index contributed by atoms with van der Waals surface area (Å²) in [4.78, 5) is 28.3. The monoisotopic (exact) mass is 440 g/mol. The van der Waals surface area contributed by atoms with Crippen molar-refractivity contribution in [3.63, 3.8) is 0 Å². The average molecular weight is 441 g/mol. The SMILES string of the molecule is O=C(C1CCCn2c1nn(Cc1c(F)cccc1Cl)c2=O)N1CCCc2ccccc21. The number of aryl methyl sites for hydroxylation is 1. The number of rotatable bonds is 3. The molecule has 3 heterocycles. The lowest BCUT2D eigenvalue weighted by Crippen LogP contribution is -2.41. The maximum Gasteiger partial charge on any atom is 0.346 e. The zero-order valence-corrected chi connectivity index (χ0v) is 17.7. The van der Waals surface area contributed by atoms with Crippen LogP contribution in [0.1, 0.15) is 42.1 Å². The van der Waals surface area contributed by atoms with Crippen LogP contribution in [-0.4, -0.2) is 26.8 Å². The lowest BCUT2D eigenvalue weighted by Gasteiger charge is -2.33. The van der Waals surface area contributed by atoms with Crippen LogP contribution in [0, 0.1) is 5.82 Å². The highest BCUT2D eigenvalue weighted by Crippen LogP contribution is 2.33. The second-order valence-electron chi connectivity index (χ2n) is 8.07. The molecule has 0 spiro atoms. The van der Waals surface area contributed by atoms with E-state index in [-0.39, 0.29) is 28.7 Å². The highest BCUT2D eigenvalue weighted by atomic mass is 35.5. The van der Waals surface area contributed by atoms with Crippen LogP contribution in [0.3, 0.4) is 0 Å². The van der Waals surface area contributed by atoms with Crippen LogP contribution in [-0.2, 0) is 24.3 Å². The quantitative estimate of drug-likeness (QED) is 0.623. The molecule has 0 saturated heterocycles. The molecule has 2 aliphatic rings. The molecule has 3 aromatic rings. The minimum Gasteiger partial charge on any atom is -0.312 e. The van der Waals surface area contributed by atoms with Gasteiger partial charge in [-0.15, -0.1) is 0 Å². The molecular weight excluding hydrogens is 419 g/mol. The van der Waals surface area contributed by atoms with Gasteiger partial charge in [0, 0.05) is 29.4 Å². The van der Waals surface area contributed by atoms with Gasteiger partial charge in [-0.3, -0.25) is 9.36 Å². The van der Waals surface area contributed by atoms with Crippen molar-refractivity contribution in [1.82, 2.24) is 14.3 Å². The van der Waals surface area contributed by atoms with Crippen LogP contribution in [0.5, 0.6) is 0 Å². The fourth-order valence-corrected chi connectivity index (χ4v) is 4.85. The third kappa shape index (κ3) is 3.47. The molecule has 1 unspecified atom stereocenters. The summed E-state index contributed by atoms with van der Waals surface area (Å²) in [5.74, 6) is -0.557. The topological polar surface area (TPSA) is 60.1 Å². The molecule has 1 aromatic heterocycles. The van der Waals surface area contributed by atoms with Crippen molar-refractivity contribution in [2.75, 3.05) is 11.4 Å². The molecule has 0 N–H and O–H groups in total. The maximum absolute atomic E-state index is 14.2. The van der Waals surface area contributed by atoms with E-state index in [1.807, 2.05) is 23.1 Å². The summed E-state index contributed by atoms with van der Waals surface area (Å²) in [6.45, 7) is 1.08. The molecule has 1 amide bonds. The molecule has 160 valence electrons. The Morgan fingerprint density at radius 1 is 1.13 bits per heavy atom. The molecule has 2 aromatic carbocycles. The van der Waals surface area contributed by atoms with Gasteiger partial charge >= 0.3 is 5.69 Å². The van der Waals surface area contributed by atoms with Gasteiger partial charge in [0.05, 0.1) is 12.5 Å². The molecule has 0 bridgehead atoms. The minimum atomic E-state index is -0.495. The number of para-hydroxylation sites is 1. The molecule has 1 atom stereocenters. The average Bonchev–Trinajstić information content (AvgIpc) is 3.11. The molecule has 5 rings (SSSR count). The van der Waals surface area contributed by atoms with E-state index in [1.165, 1.54) is 16.8 Å². The first-order chi connectivity index (χ1) is 15.0. The van der Waals surface area contributed by atoms with E-state index in [0.29, 0.717) is 31.8 Å². The fraction of sp³-hybridized carbons (Fsp3) is 0.348. The molecule has 0 radical (unpaired) electrons. The first-order valence-corrected chi connectivity index (χ1v) is 10.9. The number of carbonyl (C=O) groups excluding carboxylic acids is 1. The highest BCUT2D eigenvalue weighted by molar-refractivity contribution is 6.31. The number of hydrogen-bond donors (Lipinski definition) is 0. The largest absolute Gasteiger partial charge is 0.346 e. The van der Waals surface area contributed by atoms with Crippen LogP contribution in [0.2, 0.25) is 5.02 Å². The summed E-state index contributed by atoms with van der Waals surface area (Å²) in [5, 5.41) is 4.72. The summed E-state index contributed by atoms with van der Waals surface area (Å²) < 4.78 is 17.0. The summed E-state index contributed by atoms with van der Waals surface area (Å²) in [6.07, 6.45) is 3.20. The minimum absolute atomic E-state index is 0.0332. The van der Waals surface area contributed by atoms with Crippen LogP contribution in [0.4, 0.5) is 10.1 Å². The van der Waals surface area contributed by atoms with Crippen LogP contribution in [0.25, 0.3) is 0 Å². The van der Waals surface area contributed by atoms with Crippen molar-refractivity contribution >= 4 is 23.2 Å². The summed E-state index contributed by atoms with van der Waals surface area (Å²) in [6, 6.07) is 12.4. The van der Waals surface area contributed by atoms with Gasteiger partial charge in [-0.25, -0.2) is 13.9 Å². The van der Waals surface area contributed by atoms with Crippen LogP contribution < -0.4 is 10.6 Å². The third-order valence-electron chi connectivity index (χ3n) is 6.18. The van der Waals surface area contributed by atoms with Gasteiger partial charge in [-0.05, 0) is 49.4 Å². The van der Waals surface area contributed by atoms with Crippen molar-refractivity contribution < 1.29 is 9.18 Å². The van der Waals surface area contributed by atoms with Gasteiger partial charge in [-0.1, -0.05) is 35.9 Å². The Balaban J connectivity index is 1.49. The zero-order chi connectivity index (χ0) is 21.5. The smallest absolute Gasteiger partial charge is 0.312 e. The van der Waals surface area contributed by atoms with Crippen molar-refractivity contribution in [3.05, 3.63) is 80.7 Å². The number of benzene rings is 2. The normalized spacial score (nSPS) is 17.9. The van der Waals surface area contributed by atoms with Crippen molar-refractivity contribution in [2.24, 2.45) is 0 Å². The van der Waals surface area contributed by atoms with E-state index >= 15 is 0 Å². The van der Waals surface area contributed by atoms with E-state index in [2.05, 4.69) is 11.2 Å². The predicted molar refractivity (Wildman–Crippen MR) is 116 cm³/mol. The molecule has 8 heteroatoms. The Morgan fingerprint density at radius 3 is 2.81 bits per heavy atom. The second kappa shape index (κ2) is 7.96. The molecule has 6 nitrogen and oxygen atoms in total. The Kier molecular flexibility index (Phi) is 5.14. The van der Waals surface area contributed by atoms with Crippen LogP contribution >= 0.6 is 11.6 Å². The zero-order valence-electron chi connectivity index (χ0n) is 16.9. The first-order valence-electron chi connectivity index (χ1n) is 10.5. The number of hydrogen-bond acceptors (Lipinski definition) is 3. The molecule has 2 aliphatic heterocycles.